The van der Waals surface area contributed by atoms with Crippen molar-refractivity contribution in [1.82, 2.24) is 0 Å². The van der Waals surface area contributed by atoms with Gasteiger partial charge in [-0.25, -0.2) is 0 Å². The molecule has 2 rings (SSSR count). The fourth-order valence-corrected chi connectivity index (χ4v) is 16.0. The predicted molar refractivity (Wildman–Crippen MR) is 320 cm³/mol. The van der Waals surface area contributed by atoms with Crippen LogP contribution >= 0.6 is 7.28 Å². The first-order valence-electron chi connectivity index (χ1n) is 32.1. The second-order valence-corrected chi connectivity index (χ2v) is 26.7. The van der Waals surface area contributed by atoms with Gasteiger partial charge in [0.15, 0.2) is 0 Å². The van der Waals surface area contributed by atoms with Gasteiger partial charge in [-0.3, -0.25) is 0 Å². The Balaban J connectivity index is 2.39. The van der Waals surface area contributed by atoms with Gasteiger partial charge in [0.05, 0.1) is 0 Å². The van der Waals surface area contributed by atoms with Gasteiger partial charge in [0.2, 0.25) is 0 Å². The number of hydrogen-bond acceptors (Lipinski definition) is 3. The molecule has 0 amide bonds. The van der Waals surface area contributed by atoms with Crippen LogP contribution in [-0.2, 0) is 13.6 Å². The van der Waals surface area contributed by atoms with Crippen LogP contribution in [0.25, 0.3) is 0 Å². The molecule has 1 unspecified atom stereocenters. The van der Waals surface area contributed by atoms with Crippen molar-refractivity contribution in [3.8, 4) is 0 Å². The molecule has 0 aliphatic rings. The summed E-state index contributed by atoms with van der Waals surface area (Å²) in [6, 6.07) is 22.4. The Morgan fingerprint density at radius 2 is 0.521 bits per heavy atom. The molecule has 0 spiro atoms. The molecule has 0 bridgehead atoms. The summed E-state index contributed by atoms with van der Waals surface area (Å²) in [7, 11) is -3.65. The van der Waals surface area contributed by atoms with Gasteiger partial charge in [0.1, 0.15) is 0 Å². The molecule has 0 saturated carbocycles. The first-order chi connectivity index (χ1) is 35.0. The third kappa shape index (κ3) is 34.1. The molecule has 4 heteroatoms. The van der Waals surface area contributed by atoms with Crippen LogP contribution in [0.15, 0.2) is 60.7 Å². The Morgan fingerprint density at radius 1 is 0.296 bits per heavy atom. The fourth-order valence-electron chi connectivity index (χ4n) is 11.3. The normalized spacial score (nSPS) is 13.0. The van der Waals surface area contributed by atoms with E-state index in [0.717, 1.165) is 51.2 Å². The zero-order valence-corrected chi connectivity index (χ0v) is 49.4. The van der Waals surface area contributed by atoms with Crippen LogP contribution in [0, 0.1) is 0 Å². The summed E-state index contributed by atoms with van der Waals surface area (Å²) in [6.07, 6.45) is 60.9. The first kappa shape index (κ1) is 65.9. The van der Waals surface area contributed by atoms with E-state index >= 15 is 0 Å². The molecule has 0 saturated heterocycles. The standard InChI is InChI=1S/C67H123O3P/c1-6-10-14-18-22-26-30-34-38-42-52-60-68-71(62-54-44-40-36-32-28-24-20-16-12-8-3,63-55-45-41-37-33-29-25-21-17-13-9-4,69-61-53-43-39-35-31-27-23-19-15-11-7-2)70-64(5)67(65-56-48-46-49-57-65)66-58-50-47-51-59-66/h46-51,56-59,64,67H,6-45,52-55,60-63H2,1-5H3. The van der Waals surface area contributed by atoms with Crippen molar-refractivity contribution in [2.75, 3.05) is 25.5 Å². The molecule has 0 heterocycles. The molecule has 0 aliphatic heterocycles. The molecule has 1 atom stereocenters. The fraction of sp³-hybridized carbons (Fsp3) is 0.821. The van der Waals surface area contributed by atoms with Gasteiger partial charge in [0.25, 0.3) is 0 Å². The zero-order valence-electron chi connectivity index (χ0n) is 48.5. The van der Waals surface area contributed by atoms with Crippen LogP contribution in [0.3, 0.4) is 0 Å². The molecule has 2 aromatic carbocycles. The molecular formula is C67H123O3P. The second kappa shape index (κ2) is 47.2. The van der Waals surface area contributed by atoms with E-state index in [1.165, 1.54) is 268 Å². The van der Waals surface area contributed by atoms with Crippen LogP contribution < -0.4 is 0 Å². The number of rotatable bonds is 55. The van der Waals surface area contributed by atoms with Crippen molar-refractivity contribution in [2.24, 2.45) is 0 Å². The summed E-state index contributed by atoms with van der Waals surface area (Å²) in [4.78, 5) is 0. The zero-order chi connectivity index (χ0) is 50.9. The number of hydrogen-bond donors (Lipinski definition) is 0. The van der Waals surface area contributed by atoms with Crippen molar-refractivity contribution in [3.63, 3.8) is 0 Å². The monoisotopic (exact) mass is 1010 g/mol. The van der Waals surface area contributed by atoms with E-state index in [1.807, 2.05) is 0 Å². The van der Waals surface area contributed by atoms with E-state index in [2.05, 4.69) is 95.3 Å². The van der Waals surface area contributed by atoms with E-state index in [-0.39, 0.29) is 12.0 Å². The summed E-state index contributed by atoms with van der Waals surface area (Å²) < 4.78 is 23.6. The van der Waals surface area contributed by atoms with E-state index in [1.54, 1.807) is 0 Å². The Morgan fingerprint density at radius 3 is 0.775 bits per heavy atom. The SMILES string of the molecule is CCCCCCCCCCCCCOP(CCCCCCCCCCCCC)(CCCCCCCCCCCCC)(OCCCCCCCCCCCCC)OC(C)C(c1ccccc1)c1ccccc1. The first-order valence-corrected chi connectivity index (χ1v) is 34.5. The van der Waals surface area contributed by atoms with Crippen LogP contribution in [0.4, 0.5) is 0 Å². The number of benzene rings is 2. The topological polar surface area (TPSA) is 27.7 Å². The minimum absolute atomic E-state index is 0.0902. The van der Waals surface area contributed by atoms with Crippen molar-refractivity contribution in [1.29, 1.82) is 0 Å². The third-order valence-electron chi connectivity index (χ3n) is 15.8. The van der Waals surface area contributed by atoms with Crippen LogP contribution in [-0.4, -0.2) is 31.6 Å². The molecule has 0 radical (unpaired) electrons. The van der Waals surface area contributed by atoms with Gasteiger partial charge >= 0.3 is 407 Å². The molecule has 0 N–H and O–H groups in total. The third-order valence-corrected chi connectivity index (χ3v) is 20.5. The van der Waals surface area contributed by atoms with Gasteiger partial charge in [-0.1, -0.05) is 40.5 Å². The molecule has 0 aromatic heterocycles. The van der Waals surface area contributed by atoms with Crippen molar-refractivity contribution in [2.45, 2.75) is 329 Å². The summed E-state index contributed by atoms with van der Waals surface area (Å²) >= 11 is 0. The van der Waals surface area contributed by atoms with Crippen LogP contribution in [0.2, 0.25) is 0 Å². The van der Waals surface area contributed by atoms with Gasteiger partial charge in [-0.05, 0) is 0 Å². The van der Waals surface area contributed by atoms with Crippen LogP contribution in [0.1, 0.15) is 334 Å². The maximum atomic E-state index is 8.07. The van der Waals surface area contributed by atoms with E-state index < -0.39 is 7.28 Å². The second-order valence-electron chi connectivity index (χ2n) is 22.6. The molecule has 2 aromatic rings. The summed E-state index contributed by atoms with van der Waals surface area (Å²) in [6.45, 7) is 13.2. The van der Waals surface area contributed by atoms with E-state index in [4.69, 9.17) is 13.6 Å². The molecule has 0 aliphatic carbocycles. The molecule has 3 nitrogen and oxygen atoms in total. The van der Waals surface area contributed by atoms with Gasteiger partial charge < -0.3 is 0 Å². The Kier molecular flexibility index (Phi) is 43.8. The van der Waals surface area contributed by atoms with Gasteiger partial charge in [0, 0.05) is 0 Å². The quantitative estimate of drug-likeness (QED) is 0.0488. The van der Waals surface area contributed by atoms with Crippen molar-refractivity contribution in [3.05, 3.63) is 71.8 Å². The van der Waals surface area contributed by atoms with Crippen molar-refractivity contribution < 1.29 is 13.6 Å². The summed E-state index contributed by atoms with van der Waals surface area (Å²) in [5.41, 5.74) is 2.64. The summed E-state index contributed by atoms with van der Waals surface area (Å²) in [5, 5.41) is 0. The van der Waals surface area contributed by atoms with Crippen LogP contribution in [0.5, 0.6) is 0 Å². The van der Waals surface area contributed by atoms with E-state index in [0.29, 0.717) is 0 Å². The molecular weight excluding hydrogens is 884 g/mol. The summed E-state index contributed by atoms with van der Waals surface area (Å²) in [5.74, 6) is 0.102. The Bertz CT molecular complexity index is 1270. The van der Waals surface area contributed by atoms with Gasteiger partial charge in [-0.15, -0.1) is 0 Å². The Hall–Kier alpha value is -1.25. The molecule has 414 valence electrons. The molecule has 0 fully saturated rings. The maximum absolute atomic E-state index is 8.07. The van der Waals surface area contributed by atoms with Crippen molar-refractivity contribution >= 4 is 7.28 Å². The molecule has 71 heavy (non-hydrogen) atoms. The Labute approximate surface area is 445 Å². The number of unbranched alkanes of at least 4 members (excludes halogenated alkanes) is 40. The van der Waals surface area contributed by atoms with E-state index in [9.17, 15) is 0 Å². The predicted octanol–water partition coefficient (Wildman–Crippen LogP) is 23.8. The average molecular weight is 1010 g/mol. The minimum atomic E-state index is -3.65. The van der Waals surface area contributed by atoms with Gasteiger partial charge in [-0.2, -0.15) is 0 Å². The average Bonchev–Trinajstić information content (AvgIpc) is 3.38.